The molecule has 2 N–H and O–H groups in total. The SMILES string of the molecule is OC[C@H]1C=C[C@H](CO)CC1. The van der Waals surface area contributed by atoms with Crippen LogP contribution < -0.4 is 0 Å². The predicted molar refractivity (Wildman–Crippen MR) is 39.5 cm³/mol. The van der Waals surface area contributed by atoms with Gasteiger partial charge in [-0.2, -0.15) is 0 Å². The van der Waals surface area contributed by atoms with E-state index in [0.29, 0.717) is 11.8 Å². The van der Waals surface area contributed by atoms with Gasteiger partial charge in [-0.25, -0.2) is 0 Å². The van der Waals surface area contributed by atoms with Crippen molar-refractivity contribution in [1.82, 2.24) is 0 Å². The van der Waals surface area contributed by atoms with Gasteiger partial charge >= 0.3 is 0 Å². The third kappa shape index (κ3) is 1.82. The molecule has 58 valence electrons. The molecule has 1 aliphatic carbocycles. The monoisotopic (exact) mass is 142 g/mol. The van der Waals surface area contributed by atoms with Crippen LogP contribution in [0.1, 0.15) is 12.8 Å². The molecular formula is C8H14O2. The number of hydrogen-bond donors (Lipinski definition) is 2. The Balaban J connectivity index is 2.36. The minimum Gasteiger partial charge on any atom is -0.396 e. The Morgan fingerprint density at radius 3 is 1.60 bits per heavy atom. The lowest BCUT2D eigenvalue weighted by Crippen LogP contribution is -2.13. The molecule has 0 aromatic carbocycles. The molecule has 2 nitrogen and oxygen atoms in total. The molecule has 0 radical (unpaired) electrons. The van der Waals surface area contributed by atoms with E-state index in [-0.39, 0.29) is 13.2 Å². The Morgan fingerprint density at radius 1 is 1.00 bits per heavy atom. The van der Waals surface area contributed by atoms with Crippen molar-refractivity contribution in [2.75, 3.05) is 13.2 Å². The average Bonchev–Trinajstić information content (AvgIpc) is 2.05. The first-order valence-corrected chi connectivity index (χ1v) is 3.77. The summed E-state index contributed by atoms with van der Waals surface area (Å²) in [5.41, 5.74) is 0. The summed E-state index contributed by atoms with van der Waals surface area (Å²) in [6.07, 6.45) is 6.03. The summed E-state index contributed by atoms with van der Waals surface area (Å²) < 4.78 is 0. The fourth-order valence-corrected chi connectivity index (χ4v) is 1.24. The van der Waals surface area contributed by atoms with E-state index in [4.69, 9.17) is 10.2 Å². The van der Waals surface area contributed by atoms with Crippen LogP contribution in [0.15, 0.2) is 12.2 Å². The standard InChI is InChI=1S/C8H14O2/c9-5-7-1-2-8(6-10)4-3-7/h1-2,7-10H,3-6H2/t7-,8-/m0/s1. The zero-order valence-corrected chi connectivity index (χ0v) is 6.03. The summed E-state index contributed by atoms with van der Waals surface area (Å²) in [6, 6.07) is 0. The highest BCUT2D eigenvalue weighted by Crippen LogP contribution is 2.20. The third-order valence-electron chi connectivity index (χ3n) is 2.03. The molecule has 0 unspecified atom stereocenters. The molecule has 2 heteroatoms. The van der Waals surface area contributed by atoms with E-state index < -0.39 is 0 Å². The molecule has 10 heavy (non-hydrogen) atoms. The van der Waals surface area contributed by atoms with Crippen LogP contribution in [0.25, 0.3) is 0 Å². The molecular weight excluding hydrogens is 128 g/mol. The lowest BCUT2D eigenvalue weighted by atomic mass is 9.90. The van der Waals surface area contributed by atoms with Gasteiger partial charge in [-0.05, 0) is 24.7 Å². The molecule has 1 aliphatic rings. The van der Waals surface area contributed by atoms with E-state index >= 15 is 0 Å². The van der Waals surface area contributed by atoms with Crippen molar-refractivity contribution in [3.05, 3.63) is 12.2 Å². The summed E-state index contributed by atoms with van der Waals surface area (Å²) in [5.74, 6) is 0.672. The molecule has 0 bridgehead atoms. The Hall–Kier alpha value is -0.340. The molecule has 0 fully saturated rings. The fourth-order valence-electron chi connectivity index (χ4n) is 1.24. The van der Waals surface area contributed by atoms with Crippen LogP contribution in [0.5, 0.6) is 0 Å². The summed E-state index contributed by atoms with van der Waals surface area (Å²) in [5, 5.41) is 17.5. The number of aliphatic hydroxyl groups is 2. The predicted octanol–water partition coefficient (Wildman–Crippen LogP) is 0.553. The Kier molecular flexibility index (Phi) is 2.90. The van der Waals surface area contributed by atoms with Gasteiger partial charge in [0.25, 0.3) is 0 Å². The minimum absolute atomic E-state index is 0.245. The molecule has 0 heterocycles. The highest BCUT2D eigenvalue weighted by molar-refractivity contribution is 4.97. The second kappa shape index (κ2) is 3.74. The second-order valence-corrected chi connectivity index (χ2v) is 2.85. The van der Waals surface area contributed by atoms with E-state index in [0.717, 1.165) is 12.8 Å². The van der Waals surface area contributed by atoms with Crippen molar-refractivity contribution in [2.24, 2.45) is 11.8 Å². The first kappa shape index (κ1) is 7.76. The van der Waals surface area contributed by atoms with E-state index in [1.807, 2.05) is 12.2 Å². The summed E-state index contributed by atoms with van der Waals surface area (Å²) in [7, 11) is 0. The van der Waals surface area contributed by atoms with Crippen LogP contribution >= 0.6 is 0 Å². The van der Waals surface area contributed by atoms with Crippen LogP contribution in [0.4, 0.5) is 0 Å². The molecule has 0 amide bonds. The van der Waals surface area contributed by atoms with Crippen molar-refractivity contribution in [2.45, 2.75) is 12.8 Å². The second-order valence-electron chi connectivity index (χ2n) is 2.85. The molecule has 0 spiro atoms. The molecule has 0 aromatic heterocycles. The van der Waals surface area contributed by atoms with Crippen LogP contribution in [-0.2, 0) is 0 Å². The van der Waals surface area contributed by atoms with Gasteiger partial charge in [0.15, 0.2) is 0 Å². The van der Waals surface area contributed by atoms with Gasteiger partial charge in [0.05, 0.1) is 0 Å². The van der Waals surface area contributed by atoms with Crippen molar-refractivity contribution in [3.63, 3.8) is 0 Å². The first-order chi connectivity index (χ1) is 4.86. The van der Waals surface area contributed by atoms with Crippen LogP contribution in [0.3, 0.4) is 0 Å². The minimum atomic E-state index is 0.245. The summed E-state index contributed by atoms with van der Waals surface area (Å²) in [6.45, 7) is 0.489. The highest BCUT2D eigenvalue weighted by Gasteiger charge is 2.13. The third-order valence-corrected chi connectivity index (χ3v) is 2.03. The topological polar surface area (TPSA) is 40.5 Å². The molecule has 0 aromatic rings. The highest BCUT2D eigenvalue weighted by atomic mass is 16.3. The van der Waals surface area contributed by atoms with Gasteiger partial charge < -0.3 is 10.2 Å². The molecule has 0 saturated heterocycles. The van der Waals surface area contributed by atoms with E-state index in [1.165, 1.54) is 0 Å². The lowest BCUT2D eigenvalue weighted by Gasteiger charge is -2.19. The van der Waals surface area contributed by atoms with Crippen molar-refractivity contribution in [3.8, 4) is 0 Å². The number of aliphatic hydroxyl groups excluding tert-OH is 2. The van der Waals surface area contributed by atoms with E-state index in [2.05, 4.69) is 0 Å². The van der Waals surface area contributed by atoms with Crippen molar-refractivity contribution in [1.29, 1.82) is 0 Å². The largest absolute Gasteiger partial charge is 0.396 e. The van der Waals surface area contributed by atoms with Crippen LogP contribution in [-0.4, -0.2) is 23.4 Å². The molecule has 1 rings (SSSR count). The zero-order valence-electron chi connectivity index (χ0n) is 6.03. The van der Waals surface area contributed by atoms with Gasteiger partial charge in [-0.3, -0.25) is 0 Å². The number of rotatable bonds is 2. The zero-order chi connectivity index (χ0) is 7.40. The normalized spacial score (nSPS) is 32.6. The van der Waals surface area contributed by atoms with Crippen molar-refractivity contribution < 1.29 is 10.2 Å². The smallest absolute Gasteiger partial charge is 0.0493 e. The van der Waals surface area contributed by atoms with Gasteiger partial charge in [-0.15, -0.1) is 0 Å². The van der Waals surface area contributed by atoms with Gasteiger partial charge in [0.1, 0.15) is 0 Å². The lowest BCUT2D eigenvalue weighted by molar-refractivity contribution is 0.206. The summed E-state index contributed by atoms with van der Waals surface area (Å²) in [4.78, 5) is 0. The quantitative estimate of drug-likeness (QED) is 0.553. The Morgan fingerprint density at radius 2 is 1.40 bits per heavy atom. The van der Waals surface area contributed by atoms with E-state index in [9.17, 15) is 0 Å². The van der Waals surface area contributed by atoms with Crippen LogP contribution in [0.2, 0.25) is 0 Å². The van der Waals surface area contributed by atoms with Crippen molar-refractivity contribution >= 4 is 0 Å². The van der Waals surface area contributed by atoms with E-state index in [1.54, 1.807) is 0 Å². The average molecular weight is 142 g/mol. The molecule has 0 aliphatic heterocycles. The number of hydrogen-bond acceptors (Lipinski definition) is 2. The van der Waals surface area contributed by atoms with Crippen LogP contribution in [0, 0.1) is 11.8 Å². The first-order valence-electron chi connectivity index (χ1n) is 3.77. The van der Waals surface area contributed by atoms with Gasteiger partial charge in [0, 0.05) is 13.2 Å². The molecule has 0 saturated carbocycles. The fraction of sp³-hybridized carbons (Fsp3) is 0.750. The maximum atomic E-state index is 8.74. The molecule has 2 atom stereocenters. The van der Waals surface area contributed by atoms with Gasteiger partial charge in [0.2, 0.25) is 0 Å². The Labute approximate surface area is 61.2 Å². The maximum absolute atomic E-state index is 8.74. The maximum Gasteiger partial charge on any atom is 0.0493 e. The van der Waals surface area contributed by atoms with Gasteiger partial charge in [-0.1, -0.05) is 12.2 Å². The Bertz CT molecular complexity index is 106. The summed E-state index contributed by atoms with van der Waals surface area (Å²) >= 11 is 0.